The summed E-state index contributed by atoms with van der Waals surface area (Å²) in [6.45, 7) is 0. The number of nitrogen functional groups attached to an aromatic ring is 2. The van der Waals surface area contributed by atoms with Crippen LogP contribution in [-0.2, 0) is 4.79 Å². The minimum atomic E-state index is -5.08. The lowest BCUT2D eigenvalue weighted by Gasteiger charge is -2.08. The molecule has 4 rings (SSSR count). The van der Waals surface area contributed by atoms with Crippen molar-refractivity contribution in [2.75, 3.05) is 11.5 Å². The van der Waals surface area contributed by atoms with E-state index in [4.69, 9.17) is 21.4 Å². The zero-order valence-electron chi connectivity index (χ0n) is 13.4. The fraction of sp³-hybridized carbons (Fsp3) is 0.0625. The van der Waals surface area contributed by atoms with Crippen LogP contribution in [0.15, 0.2) is 35.8 Å². The second-order valence-electron chi connectivity index (χ2n) is 5.34. The highest BCUT2D eigenvalue weighted by molar-refractivity contribution is 7.13. The van der Waals surface area contributed by atoms with Crippen LogP contribution in [0, 0.1) is 0 Å². The van der Waals surface area contributed by atoms with Crippen LogP contribution in [0.5, 0.6) is 0 Å². The fourth-order valence-electron chi connectivity index (χ4n) is 2.53. The number of aromatic amines is 1. The van der Waals surface area contributed by atoms with Gasteiger partial charge in [-0.05, 0) is 23.6 Å². The molecule has 0 radical (unpaired) electrons. The van der Waals surface area contributed by atoms with Crippen LogP contribution in [0.4, 0.5) is 24.9 Å². The number of alkyl halides is 3. The summed E-state index contributed by atoms with van der Waals surface area (Å²) in [7, 11) is 0. The average Bonchev–Trinajstić information content (AvgIpc) is 3.25. The van der Waals surface area contributed by atoms with E-state index in [0.29, 0.717) is 11.8 Å². The summed E-state index contributed by atoms with van der Waals surface area (Å²) in [4.78, 5) is 21.7. The molecule has 0 unspecified atom stereocenters. The van der Waals surface area contributed by atoms with Crippen molar-refractivity contribution in [1.82, 2.24) is 15.0 Å². The van der Waals surface area contributed by atoms with E-state index in [9.17, 15) is 13.2 Å². The minimum absolute atomic E-state index is 0.311. The van der Waals surface area contributed by atoms with E-state index in [2.05, 4.69) is 21.0 Å². The van der Waals surface area contributed by atoms with Crippen molar-refractivity contribution in [2.24, 2.45) is 0 Å². The average molecular weight is 395 g/mol. The monoisotopic (exact) mass is 395 g/mol. The first-order valence-corrected chi connectivity index (χ1v) is 8.23. The Morgan fingerprint density at radius 2 is 1.96 bits per heavy atom. The minimum Gasteiger partial charge on any atom is -0.475 e. The van der Waals surface area contributed by atoms with Gasteiger partial charge in [0, 0.05) is 27.4 Å². The summed E-state index contributed by atoms with van der Waals surface area (Å²) in [6.07, 6.45) is -3.29. The third-order valence-corrected chi connectivity index (χ3v) is 4.47. The maximum Gasteiger partial charge on any atom is 0.490 e. The third kappa shape index (κ3) is 3.62. The Bertz CT molecular complexity index is 1120. The Labute approximate surface area is 153 Å². The van der Waals surface area contributed by atoms with Gasteiger partial charge >= 0.3 is 12.1 Å². The van der Waals surface area contributed by atoms with Gasteiger partial charge in [0.2, 0.25) is 0 Å². The number of fused-ring (bicyclic) bond motifs is 3. The van der Waals surface area contributed by atoms with Crippen molar-refractivity contribution < 1.29 is 23.1 Å². The van der Waals surface area contributed by atoms with Crippen molar-refractivity contribution >= 4 is 50.9 Å². The highest BCUT2D eigenvalue weighted by Crippen LogP contribution is 2.37. The van der Waals surface area contributed by atoms with E-state index in [-0.39, 0.29) is 0 Å². The molecule has 0 aliphatic carbocycles. The molecule has 4 aromatic rings. The van der Waals surface area contributed by atoms with Crippen molar-refractivity contribution in [3.8, 4) is 10.4 Å². The summed E-state index contributed by atoms with van der Waals surface area (Å²) in [5, 5.41) is 11.0. The standard InChI is InChI=1S/C14H11N5S.C2HF3O2/c15-13-11-7-3-4-17-12(7)8(10-2-1-5-20-10)6-9(11)18-14(16)19-13;3-2(4,5)1(6)7/h1-6H,15H2,(H3,16,18,19);(H,6,7). The van der Waals surface area contributed by atoms with Crippen molar-refractivity contribution in [3.63, 3.8) is 0 Å². The Kier molecular flexibility index (Phi) is 4.62. The molecule has 0 bridgehead atoms. The van der Waals surface area contributed by atoms with Gasteiger partial charge in [0.05, 0.1) is 11.0 Å². The topological polar surface area (TPSA) is 131 Å². The van der Waals surface area contributed by atoms with E-state index < -0.39 is 12.1 Å². The summed E-state index contributed by atoms with van der Waals surface area (Å²) in [5.74, 6) is -2.02. The molecule has 0 fully saturated rings. The molecule has 27 heavy (non-hydrogen) atoms. The summed E-state index contributed by atoms with van der Waals surface area (Å²) in [6, 6.07) is 8.09. The lowest BCUT2D eigenvalue weighted by molar-refractivity contribution is -0.192. The van der Waals surface area contributed by atoms with Crippen molar-refractivity contribution in [2.45, 2.75) is 6.18 Å². The van der Waals surface area contributed by atoms with Crippen LogP contribution < -0.4 is 11.5 Å². The fourth-order valence-corrected chi connectivity index (χ4v) is 3.27. The molecule has 0 amide bonds. The number of H-pyrrole nitrogens is 1. The Balaban J connectivity index is 0.000000260. The molecule has 11 heteroatoms. The number of nitrogens with one attached hydrogen (secondary N) is 1. The molecular weight excluding hydrogens is 383 g/mol. The number of aliphatic carboxylic acids is 1. The lowest BCUT2D eigenvalue weighted by atomic mass is 10.1. The molecule has 7 nitrogen and oxygen atoms in total. The Morgan fingerprint density at radius 1 is 1.26 bits per heavy atom. The maximum absolute atomic E-state index is 10.6. The number of hydrogen-bond acceptors (Lipinski definition) is 6. The van der Waals surface area contributed by atoms with Gasteiger partial charge in [-0.3, -0.25) is 4.98 Å². The highest BCUT2D eigenvalue weighted by atomic mass is 32.1. The van der Waals surface area contributed by atoms with Gasteiger partial charge in [0.25, 0.3) is 0 Å². The summed E-state index contributed by atoms with van der Waals surface area (Å²) in [5.41, 5.74) is 14.7. The molecule has 0 aliphatic rings. The number of nitrogens with zero attached hydrogens (tertiary/aromatic N) is 2. The van der Waals surface area contributed by atoms with Crippen molar-refractivity contribution in [1.29, 1.82) is 0 Å². The number of thiophene rings is 1. The quantitative estimate of drug-likeness (QED) is 0.389. The largest absolute Gasteiger partial charge is 0.490 e. The normalized spacial score (nSPS) is 11.4. The molecular formula is C16H12F3N5O2S. The molecule has 0 aliphatic heterocycles. The highest BCUT2D eigenvalue weighted by Gasteiger charge is 2.38. The number of carboxylic acid groups (broad SMARTS) is 1. The van der Waals surface area contributed by atoms with Crippen molar-refractivity contribution in [3.05, 3.63) is 35.8 Å². The number of carboxylic acids is 1. The van der Waals surface area contributed by atoms with Crippen LogP contribution in [0.25, 0.3) is 32.2 Å². The molecule has 3 heterocycles. The van der Waals surface area contributed by atoms with Crippen LogP contribution in [0.1, 0.15) is 0 Å². The van der Waals surface area contributed by atoms with E-state index >= 15 is 0 Å². The Morgan fingerprint density at radius 3 is 2.56 bits per heavy atom. The zero-order chi connectivity index (χ0) is 19.8. The molecule has 6 N–H and O–H groups in total. The van der Waals surface area contributed by atoms with E-state index in [1.54, 1.807) is 17.5 Å². The van der Waals surface area contributed by atoms with Gasteiger partial charge in [0.15, 0.2) is 5.95 Å². The van der Waals surface area contributed by atoms with Gasteiger partial charge in [-0.2, -0.15) is 18.2 Å². The SMILES string of the molecule is Nc1nc(N)c2c(cc(-c3cccs3)c3nccc32)[nH]1.O=C(O)C(F)(F)F. The molecule has 0 atom stereocenters. The number of rotatable bonds is 1. The molecule has 0 spiro atoms. The van der Waals surface area contributed by atoms with E-state index in [1.807, 2.05) is 23.6 Å². The van der Waals surface area contributed by atoms with Gasteiger partial charge in [-0.15, -0.1) is 11.3 Å². The molecule has 0 saturated heterocycles. The maximum atomic E-state index is 10.6. The van der Waals surface area contributed by atoms with Crippen LogP contribution in [0.3, 0.4) is 0 Å². The smallest absolute Gasteiger partial charge is 0.475 e. The first-order valence-electron chi connectivity index (χ1n) is 7.35. The number of benzene rings is 1. The molecule has 140 valence electrons. The number of halogens is 3. The molecule has 0 saturated carbocycles. The first kappa shape index (κ1) is 18.5. The first-order chi connectivity index (χ1) is 12.7. The molecule has 3 aromatic heterocycles. The molecule has 1 aromatic carbocycles. The van der Waals surface area contributed by atoms with Crippen LogP contribution >= 0.6 is 11.3 Å². The number of hydrogen-bond donors (Lipinski definition) is 4. The van der Waals surface area contributed by atoms with Crippen LogP contribution in [-0.4, -0.2) is 32.2 Å². The zero-order valence-corrected chi connectivity index (χ0v) is 14.2. The van der Waals surface area contributed by atoms with Gasteiger partial charge in [0.1, 0.15) is 5.82 Å². The van der Waals surface area contributed by atoms with Gasteiger partial charge in [-0.25, -0.2) is 4.79 Å². The number of aromatic nitrogens is 3. The van der Waals surface area contributed by atoms with Crippen LogP contribution in [0.2, 0.25) is 0 Å². The number of carbonyl (C=O) groups is 1. The number of nitrogens with two attached hydrogens (primary N) is 2. The second kappa shape index (κ2) is 6.76. The predicted octanol–water partition coefficient (Wildman–Crippen LogP) is 3.64. The van der Waals surface area contributed by atoms with Gasteiger partial charge < -0.3 is 21.6 Å². The van der Waals surface area contributed by atoms with E-state index in [1.165, 1.54) is 0 Å². The van der Waals surface area contributed by atoms with Gasteiger partial charge in [-0.1, -0.05) is 6.07 Å². The number of anilines is 2. The third-order valence-electron chi connectivity index (χ3n) is 3.57. The summed E-state index contributed by atoms with van der Waals surface area (Å²) >= 11 is 1.68. The Hall–Kier alpha value is -3.34. The lowest BCUT2D eigenvalue weighted by Crippen LogP contribution is -2.21. The predicted molar refractivity (Wildman–Crippen MR) is 97.2 cm³/mol. The summed E-state index contributed by atoms with van der Waals surface area (Å²) < 4.78 is 31.7. The second-order valence-corrected chi connectivity index (χ2v) is 6.29. The van der Waals surface area contributed by atoms with E-state index in [0.717, 1.165) is 32.2 Å².